The number of rotatable bonds is 7. The molecule has 156 valence electrons. The van der Waals surface area contributed by atoms with Crippen LogP contribution >= 0.6 is 23.4 Å². The molecule has 1 saturated heterocycles. The van der Waals surface area contributed by atoms with Crippen molar-refractivity contribution in [2.75, 3.05) is 25.6 Å². The van der Waals surface area contributed by atoms with Gasteiger partial charge in [-0.2, -0.15) is 0 Å². The number of hydrogen-bond donors (Lipinski definition) is 1. The number of hydrogen-bond acceptors (Lipinski definition) is 6. The summed E-state index contributed by atoms with van der Waals surface area (Å²) in [6.07, 6.45) is 1.53. The van der Waals surface area contributed by atoms with Crippen LogP contribution in [0.15, 0.2) is 47.4 Å². The fraction of sp³-hybridized carbons (Fsp3) is 0.190. The van der Waals surface area contributed by atoms with Gasteiger partial charge in [0.15, 0.2) is 0 Å². The third-order valence-corrected chi connectivity index (χ3v) is 5.25. The van der Waals surface area contributed by atoms with Gasteiger partial charge in [0.25, 0.3) is 11.1 Å². The minimum absolute atomic E-state index is 0.189. The summed E-state index contributed by atoms with van der Waals surface area (Å²) in [5.74, 6) is 0.166. The zero-order valence-electron chi connectivity index (χ0n) is 16.3. The number of halogens is 1. The van der Waals surface area contributed by atoms with Crippen LogP contribution in [0.2, 0.25) is 5.02 Å². The number of methoxy groups -OCH3 is 1. The van der Waals surface area contributed by atoms with E-state index >= 15 is 0 Å². The van der Waals surface area contributed by atoms with Crippen LogP contribution < -0.4 is 14.8 Å². The summed E-state index contributed by atoms with van der Waals surface area (Å²) in [5.41, 5.74) is 1.10. The van der Waals surface area contributed by atoms with Crippen LogP contribution in [0.4, 0.5) is 10.5 Å². The quantitative estimate of drug-likeness (QED) is 0.633. The van der Waals surface area contributed by atoms with E-state index in [1.165, 1.54) is 13.2 Å². The van der Waals surface area contributed by atoms with E-state index < -0.39 is 17.1 Å². The first-order valence-electron chi connectivity index (χ1n) is 9.03. The molecule has 1 fully saturated rings. The summed E-state index contributed by atoms with van der Waals surface area (Å²) in [6.45, 7) is 2.03. The van der Waals surface area contributed by atoms with Crippen molar-refractivity contribution in [2.45, 2.75) is 6.92 Å². The average molecular weight is 447 g/mol. The van der Waals surface area contributed by atoms with Crippen LogP contribution in [0.5, 0.6) is 11.5 Å². The molecule has 3 amide bonds. The molecule has 0 atom stereocenters. The highest BCUT2D eigenvalue weighted by Gasteiger charge is 2.36. The molecule has 0 saturated carbocycles. The Hall–Kier alpha value is -2.97. The van der Waals surface area contributed by atoms with Crippen molar-refractivity contribution in [3.8, 4) is 11.5 Å². The molecule has 7 nitrogen and oxygen atoms in total. The van der Waals surface area contributed by atoms with Gasteiger partial charge >= 0.3 is 0 Å². The molecule has 1 aliphatic heterocycles. The summed E-state index contributed by atoms with van der Waals surface area (Å²) in [4.78, 5) is 38.4. The first-order chi connectivity index (χ1) is 14.4. The van der Waals surface area contributed by atoms with Gasteiger partial charge in [0.1, 0.15) is 18.0 Å². The Labute approximate surface area is 183 Å². The van der Waals surface area contributed by atoms with Crippen LogP contribution in [0.3, 0.4) is 0 Å². The lowest BCUT2D eigenvalue weighted by Crippen LogP contribution is -2.36. The molecular formula is C21H19ClN2O5S. The van der Waals surface area contributed by atoms with Gasteiger partial charge in [0, 0.05) is 16.3 Å². The van der Waals surface area contributed by atoms with Gasteiger partial charge in [-0.25, -0.2) is 0 Å². The molecule has 2 aromatic carbocycles. The zero-order valence-corrected chi connectivity index (χ0v) is 17.9. The molecule has 1 heterocycles. The first kappa shape index (κ1) is 21.7. The minimum atomic E-state index is -0.547. The maximum absolute atomic E-state index is 12.7. The number of nitrogens with one attached hydrogen (secondary N) is 1. The summed E-state index contributed by atoms with van der Waals surface area (Å²) in [5, 5.41) is 2.61. The number of ether oxygens (including phenoxy) is 2. The lowest BCUT2D eigenvalue weighted by molar-refractivity contribution is -0.127. The third-order valence-electron chi connectivity index (χ3n) is 4.10. The Morgan fingerprint density at radius 1 is 1.20 bits per heavy atom. The Morgan fingerprint density at radius 3 is 2.60 bits per heavy atom. The molecule has 0 aromatic heterocycles. The molecular weight excluding hydrogens is 428 g/mol. The Bertz CT molecular complexity index is 1010. The largest absolute Gasteiger partial charge is 0.496 e. The normalized spacial score (nSPS) is 14.9. The van der Waals surface area contributed by atoms with Crippen molar-refractivity contribution in [3.63, 3.8) is 0 Å². The van der Waals surface area contributed by atoms with Crippen molar-refractivity contribution >= 4 is 52.2 Å². The molecule has 0 unspecified atom stereocenters. The predicted octanol–water partition coefficient (Wildman–Crippen LogP) is 4.42. The van der Waals surface area contributed by atoms with Gasteiger partial charge in [-0.1, -0.05) is 11.6 Å². The summed E-state index contributed by atoms with van der Waals surface area (Å²) >= 11 is 6.77. The van der Waals surface area contributed by atoms with Crippen LogP contribution in [0.1, 0.15) is 12.5 Å². The average Bonchev–Trinajstić information content (AvgIpc) is 2.97. The van der Waals surface area contributed by atoms with E-state index in [9.17, 15) is 14.4 Å². The van der Waals surface area contributed by atoms with Crippen molar-refractivity contribution in [2.24, 2.45) is 0 Å². The van der Waals surface area contributed by atoms with Gasteiger partial charge in [0.2, 0.25) is 5.91 Å². The smallest absolute Gasteiger partial charge is 0.294 e. The van der Waals surface area contributed by atoms with Crippen LogP contribution in [0.25, 0.3) is 6.08 Å². The first-order valence-corrected chi connectivity index (χ1v) is 10.2. The number of amides is 3. The number of carbonyl (C=O) groups is 3. The monoisotopic (exact) mass is 446 g/mol. The highest BCUT2D eigenvalue weighted by Crippen LogP contribution is 2.34. The van der Waals surface area contributed by atoms with Crippen molar-refractivity contribution < 1.29 is 23.9 Å². The lowest BCUT2D eigenvalue weighted by Gasteiger charge is -2.13. The molecule has 1 aliphatic rings. The van der Waals surface area contributed by atoms with Gasteiger partial charge in [-0.15, -0.1) is 0 Å². The molecule has 30 heavy (non-hydrogen) atoms. The van der Waals surface area contributed by atoms with Crippen LogP contribution in [-0.2, 0) is 9.59 Å². The van der Waals surface area contributed by atoms with E-state index in [1.54, 1.807) is 42.5 Å². The van der Waals surface area contributed by atoms with Crippen molar-refractivity contribution in [3.05, 3.63) is 58.0 Å². The molecule has 3 rings (SSSR count). The molecule has 0 bridgehead atoms. The van der Waals surface area contributed by atoms with E-state index in [2.05, 4.69) is 5.32 Å². The van der Waals surface area contributed by atoms with Gasteiger partial charge in [-0.3, -0.25) is 19.3 Å². The summed E-state index contributed by atoms with van der Waals surface area (Å²) < 4.78 is 10.6. The number of anilines is 1. The van der Waals surface area contributed by atoms with Gasteiger partial charge in [0.05, 0.1) is 18.6 Å². The molecule has 0 spiro atoms. The van der Waals surface area contributed by atoms with E-state index in [-0.39, 0.29) is 11.4 Å². The maximum atomic E-state index is 12.7. The Balaban J connectivity index is 1.69. The second kappa shape index (κ2) is 9.69. The number of nitrogens with zero attached hydrogens (tertiary/aromatic N) is 1. The molecule has 0 aliphatic carbocycles. The van der Waals surface area contributed by atoms with E-state index in [0.717, 1.165) is 16.7 Å². The number of thioether (sulfide) groups is 1. The van der Waals surface area contributed by atoms with Crippen molar-refractivity contribution in [1.29, 1.82) is 0 Å². The SMILES string of the molecule is CCOc1ccc(NC(=O)CN2C(=O)S/C(=C/c3cc(Cl)ccc3OC)C2=O)cc1. The van der Waals surface area contributed by atoms with Gasteiger partial charge in [-0.05, 0) is 67.2 Å². The predicted molar refractivity (Wildman–Crippen MR) is 117 cm³/mol. The number of carbonyl (C=O) groups excluding carboxylic acids is 3. The highest BCUT2D eigenvalue weighted by atomic mass is 35.5. The molecule has 0 radical (unpaired) electrons. The van der Waals surface area contributed by atoms with E-state index in [1.807, 2.05) is 6.92 Å². The molecule has 2 aromatic rings. The second-order valence-corrected chi connectivity index (χ2v) is 7.59. The van der Waals surface area contributed by atoms with Crippen molar-refractivity contribution in [1.82, 2.24) is 4.90 Å². The maximum Gasteiger partial charge on any atom is 0.294 e. The molecule has 9 heteroatoms. The Morgan fingerprint density at radius 2 is 1.93 bits per heavy atom. The van der Waals surface area contributed by atoms with Crippen LogP contribution in [-0.4, -0.2) is 42.2 Å². The fourth-order valence-electron chi connectivity index (χ4n) is 2.74. The third kappa shape index (κ3) is 5.14. The lowest BCUT2D eigenvalue weighted by atomic mass is 10.2. The van der Waals surface area contributed by atoms with Crippen LogP contribution in [0, 0.1) is 0 Å². The minimum Gasteiger partial charge on any atom is -0.496 e. The fourth-order valence-corrected chi connectivity index (χ4v) is 3.75. The topological polar surface area (TPSA) is 84.9 Å². The number of benzene rings is 2. The molecule has 1 N–H and O–H groups in total. The van der Waals surface area contributed by atoms with E-state index in [0.29, 0.717) is 34.4 Å². The summed E-state index contributed by atoms with van der Waals surface area (Å²) in [6, 6.07) is 11.8. The summed E-state index contributed by atoms with van der Waals surface area (Å²) in [7, 11) is 1.50. The Kier molecular flexibility index (Phi) is 7.02. The van der Waals surface area contributed by atoms with E-state index in [4.69, 9.17) is 21.1 Å². The van der Waals surface area contributed by atoms with Gasteiger partial charge < -0.3 is 14.8 Å². The number of imide groups is 1. The zero-order chi connectivity index (χ0) is 21.7. The second-order valence-electron chi connectivity index (χ2n) is 6.16. The standard InChI is InChI=1S/C21H19ClN2O5S/c1-3-29-16-7-5-15(6-8-16)23-19(25)12-24-20(26)18(30-21(24)27)11-13-10-14(22)4-9-17(13)28-2/h4-11H,3,12H2,1-2H3,(H,23,25)/b18-11+. The highest BCUT2D eigenvalue weighted by molar-refractivity contribution is 8.18.